The van der Waals surface area contributed by atoms with E-state index in [1.807, 2.05) is 13.0 Å². The minimum absolute atomic E-state index is 0.0234. The van der Waals surface area contributed by atoms with Crippen molar-refractivity contribution in [2.24, 2.45) is 5.92 Å². The highest BCUT2D eigenvalue weighted by Crippen LogP contribution is 2.22. The molecule has 1 atom stereocenters. The normalized spacial score (nSPS) is 18.4. The summed E-state index contributed by atoms with van der Waals surface area (Å²) in [6.07, 6.45) is 0.337. The van der Waals surface area contributed by atoms with Gasteiger partial charge >= 0.3 is 0 Å². The molecule has 3 rings (SSSR count). The van der Waals surface area contributed by atoms with Crippen molar-refractivity contribution in [2.75, 3.05) is 13.1 Å². The SMILES string of the molecule is CCN1CC(C(=O)NCc2ccc3sccc3c2)CC1=O. The van der Waals surface area contributed by atoms with Gasteiger partial charge in [-0.05, 0) is 41.5 Å². The molecule has 0 radical (unpaired) electrons. The number of thiophene rings is 1. The molecule has 1 saturated heterocycles. The van der Waals surface area contributed by atoms with Crippen LogP contribution in [0.5, 0.6) is 0 Å². The lowest BCUT2D eigenvalue weighted by atomic mass is 10.1. The zero-order valence-corrected chi connectivity index (χ0v) is 12.8. The van der Waals surface area contributed by atoms with E-state index in [1.54, 1.807) is 16.2 Å². The Bertz CT molecular complexity index is 680. The molecule has 110 valence electrons. The smallest absolute Gasteiger partial charge is 0.225 e. The van der Waals surface area contributed by atoms with Crippen LogP contribution in [0.15, 0.2) is 29.6 Å². The van der Waals surface area contributed by atoms with Crippen molar-refractivity contribution in [2.45, 2.75) is 19.9 Å². The van der Waals surface area contributed by atoms with Crippen molar-refractivity contribution in [1.82, 2.24) is 10.2 Å². The van der Waals surface area contributed by atoms with Gasteiger partial charge in [0.05, 0.1) is 5.92 Å². The third kappa shape index (κ3) is 2.93. The Morgan fingerprint density at radius 1 is 1.43 bits per heavy atom. The summed E-state index contributed by atoms with van der Waals surface area (Å²) in [6.45, 7) is 3.68. The van der Waals surface area contributed by atoms with E-state index in [4.69, 9.17) is 0 Å². The number of hydrogen-bond donors (Lipinski definition) is 1. The van der Waals surface area contributed by atoms with Gasteiger partial charge in [0, 0.05) is 30.8 Å². The lowest BCUT2D eigenvalue weighted by molar-refractivity contribution is -0.128. The number of amides is 2. The number of hydrogen-bond acceptors (Lipinski definition) is 3. The number of nitrogens with zero attached hydrogens (tertiary/aromatic N) is 1. The van der Waals surface area contributed by atoms with E-state index in [1.165, 1.54) is 10.1 Å². The van der Waals surface area contributed by atoms with E-state index in [0.29, 0.717) is 26.1 Å². The van der Waals surface area contributed by atoms with Gasteiger partial charge in [-0.2, -0.15) is 0 Å². The molecule has 5 heteroatoms. The molecule has 1 aliphatic rings. The second-order valence-corrected chi connectivity index (χ2v) is 6.29. The highest BCUT2D eigenvalue weighted by molar-refractivity contribution is 7.17. The van der Waals surface area contributed by atoms with Gasteiger partial charge in [0.25, 0.3) is 0 Å². The first-order valence-electron chi connectivity index (χ1n) is 7.19. The van der Waals surface area contributed by atoms with Crippen LogP contribution in [0.2, 0.25) is 0 Å². The van der Waals surface area contributed by atoms with Gasteiger partial charge in [-0.1, -0.05) is 6.07 Å². The van der Waals surface area contributed by atoms with Crippen LogP contribution in [0.25, 0.3) is 10.1 Å². The Labute approximate surface area is 127 Å². The van der Waals surface area contributed by atoms with Gasteiger partial charge < -0.3 is 10.2 Å². The zero-order valence-electron chi connectivity index (χ0n) is 12.0. The van der Waals surface area contributed by atoms with E-state index in [2.05, 4.69) is 28.9 Å². The van der Waals surface area contributed by atoms with E-state index >= 15 is 0 Å². The van der Waals surface area contributed by atoms with Gasteiger partial charge in [0.15, 0.2) is 0 Å². The fraction of sp³-hybridized carbons (Fsp3) is 0.375. The van der Waals surface area contributed by atoms with Crippen LogP contribution in [0.4, 0.5) is 0 Å². The molecule has 2 aromatic rings. The lowest BCUT2D eigenvalue weighted by Gasteiger charge is -2.13. The summed E-state index contributed by atoms with van der Waals surface area (Å²) >= 11 is 1.71. The molecule has 0 saturated carbocycles. The van der Waals surface area contributed by atoms with E-state index in [-0.39, 0.29) is 17.7 Å². The van der Waals surface area contributed by atoms with Crippen LogP contribution in [0.3, 0.4) is 0 Å². The summed E-state index contributed by atoms with van der Waals surface area (Å²) in [5.74, 6) is -0.149. The molecule has 2 heterocycles. The predicted molar refractivity (Wildman–Crippen MR) is 84.0 cm³/mol. The largest absolute Gasteiger partial charge is 0.352 e. The molecule has 0 bridgehead atoms. The Kier molecular flexibility index (Phi) is 3.92. The maximum absolute atomic E-state index is 12.2. The minimum Gasteiger partial charge on any atom is -0.352 e. The first-order valence-corrected chi connectivity index (χ1v) is 8.07. The standard InChI is InChI=1S/C16H18N2O2S/c1-2-18-10-13(8-15(18)19)16(20)17-9-11-3-4-14-12(7-11)5-6-21-14/h3-7,13H,2,8-10H2,1H3,(H,17,20). The number of nitrogens with one attached hydrogen (secondary N) is 1. The van der Waals surface area contributed by atoms with Gasteiger partial charge in [-0.15, -0.1) is 11.3 Å². The average molecular weight is 302 g/mol. The first-order chi connectivity index (χ1) is 10.2. The molecule has 0 aliphatic carbocycles. The topological polar surface area (TPSA) is 49.4 Å². The van der Waals surface area contributed by atoms with Crippen molar-refractivity contribution >= 4 is 33.2 Å². The fourth-order valence-electron chi connectivity index (χ4n) is 2.71. The Morgan fingerprint density at radius 3 is 3.05 bits per heavy atom. The summed E-state index contributed by atoms with van der Waals surface area (Å²) in [7, 11) is 0. The van der Waals surface area contributed by atoms with Crippen LogP contribution in [-0.2, 0) is 16.1 Å². The highest BCUT2D eigenvalue weighted by Gasteiger charge is 2.33. The summed E-state index contributed by atoms with van der Waals surface area (Å²) in [5.41, 5.74) is 1.09. The van der Waals surface area contributed by atoms with Crippen LogP contribution >= 0.6 is 11.3 Å². The van der Waals surface area contributed by atoms with Gasteiger partial charge in [-0.3, -0.25) is 9.59 Å². The molecule has 0 spiro atoms. The van der Waals surface area contributed by atoms with Gasteiger partial charge in [0.2, 0.25) is 11.8 Å². The second-order valence-electron chi connectivity index (χ2n) is 5.34. The summed E-state index contributed by atoms with van der Waals surface area (Å²) in [4.78, 5) is 25.5. The molecule has 1 fully saturated rings. The quantitative estimate of drug-likeness (QED) is 0.942. The second kappa shape index (κ2) is 5.85. The van der Waals surface area contributed by atoms with Crippen LogP contribution in [-0.4, -0.2) is 29.8 Å². The Balaban J connectivity index is 1.59. The van der Waals surface area contributed by atoms with Crippen LogP contribution in [0.1, 0.15) is 18.9 Å². The van der Waals surface area contributed by atoms with Crippen molar-refractivity contribution < 1.29 is 9.59 Å². The van der Waals surface area contributed by atoms with E-state index in [0.717, 1.165) is 5.56 Å². The molecule has 21 heavy (non-hydrogen) atoms. The van der Waals surface area contributed by atoms with E-state index < -0.39 is 0 Å². The van der Waals surface area contributed by atoms with Crippen molar-refractivity contribution in [3.05, 3.63) is 35.2 Å². The minimum atomic E-state index is -0.206. The van der Waals surface area contributed by atoms with Crippen molar-refractivity contribution in [3.63, 3.8) is 0 Å². The number of benzene rings is 1. The number of carbonyl (C=O) groups is 2. The molecular formula is C16H18N2O2S. The fourth-order valence-corrected chi connectivity index (χ4v) is 3.48. The number of likely N-dealkylation sites (tertiary alicyclic amines) is 1. The maximum Gasteiger partial charge on any atom is 0.225 e. The molecule has 1 aromatic heterocycles. The van der Waals surface area contributed by atoms with Crippen LogP contribution in [0, 0.1) is 5.92 Å². The van der Waals surface area contributed by atoms with Gasteiger partial charge in [0.1, 0.15) is 0 Å². The number of carbonyl (C=O) groups excluding carboxylic acids is 2. The Hall–Kier alpha value is -1.88. The maximum atomic E-state index is 12.2. The lowest BCUT2D eigenvalue weighted by Crippen LogP contribution is -2.32. The molecule has 1 aliphatic heterocycles. The van der Waals surface area contributed by atoms with Gasteiger partial charge in [-0.25, -0.2) is 0 Å². The summed E-state index contributed by atoms with van der Waals surface area (Å²) in [6, 6.07) is 8.31. The van der Waals surface area contributed by atoms with Crippen molar-refractivity contribution in [3.8, 4) is 0 Å². The third-order valence-electron chi connectivity index (χ3n) is 3.95. The molecular weight excluding hydrogens is 284 g/mol. The monoisotopic (exact) mass is 302 g/mol. The summed E-state index contributed by atoms with van der Waals surface area (Å²) < 4.78 is 1.25. The van der Waals surface area contributed by atoms with Crippen LogP contribution < -0.4 is 5.32 Å². The molecule has 1 unspecified atom stereocenters. The zero-order chi connectivity index (χ0) is 14.8. The van der Waals surface area contributed by atoms with E-state index in [9.17, 15) is 9.59 Å². The van der Waals surface area contributed by atoms with Crippen molar-refractivity contribution in [1.29, 1.82) is 0 Å². The highest BCUT2D eigenvalue weighted by atomic mass is 32.1. The first kappa shape index (κ1) is 14.1. The molecule has 4 nitrogen and oxygen atoms in total. The molecule has 1 N–H and O–H groups in total. The number of fused-ring (bicyclic) bond motifs is 1. The molecule has 2 amide bonds. The predicted octanol–water partition coefficient (Wildman–Crippen LogP) is 2.39. The average Bonchev–Trinajstić information content (AvgIpc) is 3.10. The molecule has 1 aromatic carbocycles. The third-order valence-corrected chi connectivity index (χ3v) is 4.85. The summed E-state index contributed by atoms with van der Waals surface area (Å²) in [5, 5.41) is 6.22. The number of rotatable bonds is 4. The Morgan fingerprint density at radius 2 is 2.29 bits per heavy atom.